The first-order chi connectivity index (χ1) is 10.7. The topological polar surface area (TPSA) is 65.0 Å². The van der Waals surface area contributed by atoms with Crippen LogP contribution in [0.4, 0.5) is 0 Å². The Morgan fingerprint density at radius 1 is 1.22 bits per heavy atom. The van der Waals surface area contributed by atoms with Gasteiger partial charge in [0, 0.05) is 5.92 Å². The van der Waals surface area contributed by atoms with Crippen molar-refractivity contribution in [2.45, 2.75) is 45.3 Å². The lowest BCUT2D eigenvalue weighted by Crippen LogP contribution is -2.41. The van der Waals surface area contributed by atoms with Gasteiger partial charge in [-0.05, 0) is 51.7 Å². The highest BCUT2D eigenvalue weighted by molar-refractivity contribution is 6.62. The summed E-state index contributed by atoms with van der Waals surface area (Å²) in [6, 6.07) is 7.61. The highest BCUT2D eigenvalue weighted by atomic mass is 16.7. The smallest absolute Gasteiger partial charge is 0.493 e. The van der Waals surface area contributed by atoms with E-state index in [-0.39, 0.29) is 30.2 Å². The van der Waals surface area contributed by atoms with E-state index in [1.165, 1.54) is 0 Å². The number of ether oxygens (including phenoxy) is 1. The van der Waals surface area contributed by atoms with Gasteiger partial charge in [0.05, 0.1) is 23.7 Å². The summed E-state index contributed by atoms with van der Waals surface area (Å²) in [5.74, 6) is -0.0923. The summed E-state index contributed by atoms with van der Waals surface area (Å²) >= 11 is 0. The Labute approximate surface area is 137 Å². The minimum absolute atomic E-state index is 0.135. The van der Waals surface area contributed by atoms with E-state index >= 15 is 0 Å². The van der Waals surface area contributed by atoms with E-state index in [9.17, 15) is 4.79 Å². The second-order valence-electron chi connectivity index (χ2n) is 7.41. The van der Waals surface area contributed by atoms with E-state index in [1.807, 2.05) is 52.0 Å². The molecular weight excluding hydrogens is 295 g/mol. The number of aliphatic carboxylic acids is 1. The third kappa shape index (κ3) is 3.24. The normalized spacial score (nSPS) is 27.7. The van der Waals surface area contributed by atoms with Gasteiger partial charge in [0.15, 0.2) is 0 Å². The lowest BCUT2D eigenvalue weighted by Gasteiger charge is -2.32. The van der Waals surface area contributed by atoms with E-state index in [1.54, 1.807) is 0 Å². The van der Waals surface area contributed by atoms with Crippen LogP contribution in [0.25, 0.3) is 0 Å². The second-order valence-corrected chi connectivity index (χ2v) is 7.41. The SMILES string of the molecule is CC1(C)OB(c2ccc(OCC3CC3C(=O)O)cc2)OC1(C)C. The predicted octanol–water partition coefficient (Wildman–Crippen LogP) is 2.09. The molecule has 5 nitrogen and oxygen atoms in total. The van der Waals surface area contributed by atoms with Crippen LogP contribution in [0, 0.1) is 11.8 Å². The Bertz CT molecular complexity index is 580. The number of hydrogen-bond donors (Lipinski definition) is 1. The maximum absolute atomic E-state index is 10.8. The van der Waals surface area contributed by atoms with Gasteiger partial charge in [-0.1, -0.05) is 12.1 Å². The number of carboxylic acids is 1. The highest BCUT2D eigenvalue weighted by Gasteiger charge is 2.51. The van der Waals surface area contributed by atoms with Crippen molar-refractivity contribution in [1.82, 2.24) is 0 Å². The van der Waals surface area contributed by atoms with Crippen LogP contribution in [0.15, 0.2) is 24.3 Å². The van der Waals surface area contributed by atoms with Crippen LogP contribution in [-0.4, -0.2) is 36.0 Å². The highest BCUT2D eigenvalue weighted by Crippen LogP contribution is 2.39. The minimum Gasteiger partial charge on any atom is -0.493 e. The van der Waals surface area contributed by atoms with E-state index < -0.39 is 5.97 Å². The van der Waals surface area contributed by atoms with E-state index in [2.05, 4.69) is 0 Å². The van der Waals surface area contributed by atoms with Crippen molar-refractivity contribution in [3.05, 3.63) is 24.3 Å². The molecule has 2 atom stereocenters. The molecule has 0 aromatic heterocycles. The zero-order chi connectivity index (χ0) is 16.8. The lowest BCUT2D eigenvalue weighted by molar-refractivity contribution is -0.138. The zero-order valence-electron chi connectivity index (χ0n) is 14.0. The van der Waals surface area contributed by atoms with Crippen LogP contribution in [0.3, 0.4) is 0 Å². The Kier molecular flexibility index (Phi) is 3.93. The summed E-state index contributed by atoms with van der Waals surface area (Å²) in [5.41, 5.74) is 0.237. The summed E-state index contributed by atoms with van der Waals surface area (Å²) in [6.45, 7) is 8.56. The summed E-state index contributed by atoms with van der Waals surface area (Å²) in [6.07, 6.45) is 0.710. The van der Waals surface area contributed by atoms with E-state index in [0.29, 0.717) is 13.0 Å². The molecule has 1 saturated carbocycles. The Morgan fingerprint density at radius 2 is 1.78 bits per heavy atom. The minimum atomic E-state index is -0.727. The fraction of sp³-hybridized carbons (Fsp3) is 0.588. The van der Waals surface area contributed by atoms with E-state index in [4.69, 9.17) is 19.2 Å². The Balaban J connectivity index is 1.57. The molecule has 124 valence electrons. The van der Waals surface area contributed by atoms with Gasteiger partial charge in [-0.2, -0.15) is 0 Å². The standard InChI is InChI=1S/C17H23BO5/c1-16(2)17(3,4)23-18(22-16)12-5-7-13(8-6-12)21-10-11-9-14(11)15(19)20/h5-8,11,14H,9-10H2,1-4H3,(H,19,20). The average Bonchev–Trinajstić information content (AvgIpc) is 3.20. The summed E-state index contributed by atoms with van der Waals surface area (Å²) < 4.78 is 17.7. The van der Waals surface area contributed by atoms with Crippen molar-refractivity contribution >= 4 is 18.6 Å². The van der Waals surface area contributed by atoms with E-state index in [0.717, 1.165) is 11.2 Å². The first kappa shape index (κ1) is 16.3. The maximum Gasteiger partial charge on any atom is 0.494 e. The van der Waals surface area contributed by atoms with Gasteiger partial charge in [0.25, 0.3) is 0 Å². The molecule has 0 radical (unpaired) electrons. The molecule has 1 aliphatic carbocycles. The zero-order valence-corrected chi connectivity index (χ0v) is 14.0. The molecule has 1 N–H and O–H groups in total. The molecule has 0 bridgehead atoms. The monoisotopic (exact) mass is 318 g/mol. The summed E-state index contributed by atoms with van der Waals surface area (Å²) in [5, 5.41) is 8.88. The first-order valence-corrected chi connectivity index (χ1v) is 8.01. The van der Waals surface area contributed by atoms with Gasteiger partial charge in [0.1, 0.15) is 5.75 Å². The van der Waals surface area contributed by atoms with Crippen molar-refractivity contribution < 1.29 is 23.9 Å². The molecule has 6 heteroatoms. The number of hydrogen-bond acceptors (Lipinski definition) is 4. The molecule has 2 unspecified atom stereocenters. The molecule has 1 aliphatic heterocycles. The van der Waals surface area contributed by atoms with Gasteiger partial charge < -0.3 is 19.2 Å². The fourth-order valence-electron chi connectivity index (χ4n) is 2.64. The van der Waals surface area contributed by atoms with Crippen molar-refractivity contribution in [1.29, 1.82) is 0 Å². The third-order valence-corrected chi connectivity index (χ3v) is 5.11. The molecule has 0 amide bonds. The Hall–Kier alpha value is -1.53. The molecule has 2 fully saturated rings. The lowest BCUT2D eigenvalue weighted by atomic mass is 9.79. The van der Waals surface area contributed by atoms with Gasteiger partial charge in [0.2, 0.25) is 0 Å². The number of rotatable bonds is 5. The molecule has 1 aromatic carbocycles. The van der Waals surface area contributed by atoms with Crippen LogP contribution < -0.4 is 10.2 Å². The second kappa shape index (κ2) is 5.53. The van der Waals surface area contributed by atoms with Gasteiger partial charge in [-0.3, -0.25) is 4.79 Å². The van der Waals surface area contributed by atoms with Crippen molar-refractivity contribution in [2.24, 2.45) is 11.8 Å². The molecular formula is C17H23BO5. The predicted molar refractivity (Wildman–Crippen MR) is 86.9 cm³/mol. The van der Waals surface area contributed by atoms with Crippen LogP contribution in [0.1, 0.15) is 34.1 Å². The maximum atomic E-state index is 10.8. The molecule has 2 aliphatic rings. The van der Waals surface area contributed by atoms with Gasteiger partial charge >= 0.3 is 13.1 Å². The van der Waals surface area contributed by atoms with Crippen molar-refractivity contribution in [3.63, 3.8) is 0 Å². The van der Waals surface area contributed by atoms with Gasteiger partial charge in [-0.25, -0.2) is 0 Å². The largest absolute Gasteiger partial charge is 0.494 e. The molecule has 23 heavy (non-hydrogen) atoms. The van der Waals surface area contributed by atoms with Gasteiger partial charge in [-0.15, -0.1) is 0 Å². The van der Waals surface area contributed by atoms with Crippen molar-refractivity contribution in [2.75, 3.05) is 6.61 Å². The number of benzene rings is 1. The molecule has 1 aromatic rings. The first-order valence-electron chi connectivity index (χ1n) is 8.01. The van der Waals surface area contributed by atoms with Crippen LogP contribution in [0.5, 0.6) is 5.75 Å². The number of carboxylic acid groups (broad SMARTS) is 1. The quantitative estimate of drug-likeness (QED) is 0.842. The average molecular weight is 318 g/mol. The fourth-order valence-corrected chi connectivity index (χ4v) is 2.64. The molecule has 3 rings (SSSR count). The number of carbonyl (C=O) groups is 1. The molecule has 0 spiro atoms. The summed E-state index contributed by atoms with van der Waals surface area (Å²) in [4.78, 5) is 10.8. The van der Waals surface area contributed by atoms with Crippen LogP contribution in [0.2, 0.25) is 0 Å². The van der Waals surface area contributed by atoms with Crippen LogP contribution in [-0.2, 0) is 14.1 Å². The molecule has 1 saturated heterocycles. The summed E-state index contributed by atoms with van der Waals surface area (Å²) in [7, 11) is -0.381. The van der Waals surface area contributed by atoms with Crippen LogP contribution >= 0.6 is 0 Å². The van der Waals surface area contributed by atoms with Crippen molar-refractivity contribution in [3.8, 4) is 5.75 Å². The molecule has 1 heterocycles. The third-order valence-electron chi connectivity index (χ3n) is 5.11. The Morgan fingerprint density at radius 3 is 2.26 bits per heavy atom.